The molecule has 0 heterocycles. The molecule has 0 aromatic rings. The molecule has 0 aliphatic heterocycles. The van der Waals surface area contributed by atoms with E-state index in [0.717, 1.165) is 148 Å². The Balaban J connectivity index is 4.41. The normalized spacial score (nSPS) is 12.9. The summed E-state index contributed by atoms with van der Waals surface area (Å²) in [5.41, 5.74) is 0. The van der Waals surface area contributed by atoms with Gasteiger partial charge in [-0.05, 0) is 109 Å². The number of allylic oxidation sites excluding steroid dienone is 20. The summed E-state index contributed by atoms with van der Waals surface area (Å²) in [6, 6.07) is 0. The quantitative estimate of drug-likeness (QED) is 0.0261. The first-order chi connectivity index (χ1) is 39.5. The highest BCUT2D eigenvalue weighted by molar-refractivity contribution is 5.71. The molecule has 6 heteroatoms. The van der Waals surface area contributed by atoms with Gasteiger partial charge in [0, 0.05) is 19.3 Å². The van der Waals surface area contributed by atoms with E-state index in [1.165, 1.54) is 122 Å². The Labute approximate surface area is 494 Å². The van der Waals surface area contributed by atoms with Crippen LogP contribution in [-0.2, 0) is 28.6 Å². The second-order valence-corrected chi connectivity index (χ2v) is 22.0. The van der Waals surface area contributed by atoms with Gasteiger partial charge in [-0.1, -0.05) is 303 Å². The van der Waals surface area contributed by atoms with Crippen LogP contribution in [-0.4, -0.2) is 37.2 Å². The van der Waals surface area contributed by atoms with Crippen LogP contribution in [0.2, 0.25) is 0 Å². The molecule has 0 saturated heterocycles. The van der Waals surface area contributed by atoms with E-state index >= 15 is 0 Å². The van der Waals surface area contributed by atoms with Crippen molar-refractivity contribution in [2.75, 3.05) is 13.2 Å². The van der Waals surface area contributed by atoms with Crippen LogP contribution in [0, 0.1) is 0 Å². The van der Waals surface area contributed by atoms with E-state index in [2.05, 4.69) is 142 Å². The zero-order chi connectivity index (χ0) is 57.8. The molecule has 0 saturated carbocycles. The number of esters is 3. The maximum absolute atomic E-state index is 12.9. The van der Waals surface area contributed by atoms with Crippen molar-refractivity contribution in [3.05, 3.63) is 122 Å². The third-order valence-corrected chi connectivity index (χ3v) is 14.2. The summed E-state index contributed by atoms with van der Waals surface area (Å²) in [6.45, 7) is 6.42. The van der Waals surface area contributed by atoms with Crippen LogP contribution in [0.15, 0.2) is 122 Å². The highest BCUT2D eigenvalue weighted by Gasteiger charge is 2.19. The number of carbonyl (C=O) groups is 3. The molecule has 0 bridgehead atoms. The SMILES string of the molecule is CC/C=C\C/C=C\C/C=C\C/C=C\C/C=C\CCCCCCCCCCCC(=O)OCC(COC(=O)CCCCCCCCCCCCCCCCCC)OC(=O)CCCCCCC/C=C\C/C=C\C/C=C\C/C=C\C/C=C\CC. The Morgan fingerprint density at radius 2 is 0.487 bits per heavy atom. The zero-order valence-corrected chi connectivity index (χ0v) is 52.3. The third kappa shape index (κ3) is 64.6. The molecular weight excluding hydrogens is 985 g/mol. The molecular formula is C74H124O6. The minimum absolute atomic E-state index is 0.0874. The summed E-state index contributed by atoms with van der Waals surface area (Å²) < 4.78 is 17.0. The summed E-state index contributed by atoms with van der Waals surface area (Å²) >= 11 is 0. The molecule has 0 N–H and O–H groups in total. The van der Waals surface area contributed by atoms with Gasteiger partial charge in [-0.25, -0.2) is 0 Å². The van der Waals surface area contributed by atoms with Crippen molar-refractivity contribution in [2.24, 2.45) is 0 Å². The Kier molecular flexibility index (Phi) is 63.8. The lowest BCUT2D eigenvalue weighted by Crippen LogP contribution is -2.30. The Hall–Kier alpha value is -4.19. The number of ether oxygens (including phenoxy) is 3. The van der Waals surface area contributed by atoms with Crippen LogP contribution in [0.5, 0.6) is 0 Å². The first kappa shape index (κ1) is 75.8. The molecule has 0 aliphatic carbocycles. The van der Waals surface area contributed by atoms with Crippen LogP contribution in [0.25, 0.3) is 0 Å². The lowest BCUT2D eigenvalue weighted by molar-refractivity contribution is -0.167. The van der Waals surface area contributed by atoms with E-state index in [1.807, 2.05) is 0 Å². The summed E-state index contributed by atoms with van der Waals surface area (Å²) in [7, 11) is 0. The minimum Gasteiger partial charge on any atom is -0.462 e. The van der Waals surface area contributed by atoms with Gasteiger partial charge in [0.05, 0.1) is 0 Å². The molecule has 0 spiro atoms. The second kappa shape index (κ2) is 67.3. The molecule has 0 aromatic carbocycles. The molecule has 80 heavy (non-hydrogen) atoms. The molecule has 1 unspecified atom stereocenters. The average molecular weight is 1110 g/mol. The van der Waals surface area contributed by atoms with Gasteiger partial charge in [0.1, 0.15) is 13.2 Å². The first-order valence-electron chi connectivity index (χ1n) is 33.5. The van der Waals surface area contributed by atoms with E-state index in [9.17, 15) is 14.4 Å². The standard InChI is InChI=1S/C74H124O6/c1-4-7-10-13-16-19-22-25-28-31-33-35-36-37-38-40-41-43-46-49-52-55-58-61-64-67-73(76)79-70-71(69-78-72(75)66-63-60-57-54-51-48-45-30-27-24-21-18-15-12-9-6-3)80-74(77)68-65-62-59-56-53-50-47-44-42-39-34-32-29-26-23-20-17-14-11-8-5-2/h7-8,10-11,16-17,19-20,25-26,28-29,33-35,37-39,44,47,71H,4-6,9,12-15,18,21-24,27,30-32,36,40-43,45-46,48-70H2,1-3H3/b10-7-,11-8-,19-16-,20-17-,28-25-,29-26-,35-33-,38-37-,39-34-,47-44-. The number of carbonyl (C=O) groups excluding carboxylic acids is 3. The number of hydrogen-bond acceptors (Lipinski definition) is 6. The first-order valence-corrected chi connectivity index (χ1v) is 33.5. The number of hydrogen-bond donors (Lipinski definition) is 0. The lowest BCUT2D eigenvalue weighted by Gasteiger charge is -2.18. The number of unbranched alkanes of at least 4 members (excludes halogenated alkanes) is 29. The molecule has 0 fully saturated rings. The lowest BCUT2D eigenvalue weighted by atomic mass is 10.0. The Morgan fingerprint density at radius 1 is 0.263 bits per heavy atom. The van der Waals surface area contributed by atoms with Crippen molar-refractivity contribution >= 4 is 17.9 Å². The van der Waals surface area contributed by atoms with Gasteiger partial charge >= 0.3 is 17.9 Å². The second-order valence-electron chi connectivity index (χ2n) is 22.0. The maximum atomic E-state index is 12.9. The Bertz CT molecular complexity index is 1650. The van der Waals surface area contributed by atoms with E-state index in [0.29, 0.717) is 19.3 Å². The topological polar surface area (TPSA) is 78.9 Å². The summed E-state index contributed by atoms with van der Waals surface area (Å²) in [6.07, 6.45) is 93.4. The highest BCUT2D eigenvalue weighted by atomic mass is 16.6. The molecule has 0 rings (SSSR count). The molecule has 1 atom stereocenters. The van der Waals surface area contributed by atoms with Gasteiger partial charge in [0.25, 0.3) is 0 Å². The predicted octanol–water partition coefficient (Wildman–Crippen LogP) is 23.2. The van der Waals surface area contributed by atoms with Crippen molar-refractivity contribution in [3.63, 3.8) is 0 Å². The molecule has 456 valence electrons. The monoisotopic (exact) mass is 1110 g/mol. The van der Waals surface area contributed by atoms with Crippen LogP contribution >= 0.6 is 0 Å². The van der Waals surface area contributed by atoms with E-state index in [-0.39, 0.29) is 31.1 Å². The van der Waals surface area contributed by atoms with Crippen LogP contribution in [0.1, 0.15) is 310 Å². The van der Waals surface area contributed by atoms with E-state index in [4.69, 9.17) is 14.2 Å². The maximum Gasteiger partial charge on any atom is 0.306 e. The zero-order valence-electron chi connectivity index (χ0n) is 52.3. The van der Waals surface area contributed by atoms with E-state index < -0.39 is 6.10 Å². The fraction of sp³-hybridized carbons (Fsp3) is 0.689. The van der Waals surface area contributed by atoms with Crippen LogP contribution in [0.3, 0.4) is 0 Å². The fourth-order valence-corrected chi connectivity index (χ4v) is 9.26. The average Bonchev–Trinajstić information content (AvgIpc) is 3.46. The van der Waals surface area contributed by atoms with Gasteiger partial charge in [-0.3, -0.25) is 14.4 Å². The van der Waals surface area contributed by atoms with Crippen molar-refractivity contribution in [1.82, 2.24) is 0 Å². The largest absolute Gasteiger partial charge is 0.462 e. The van der Waals surface area contributed by atoms with Crippen LogP contribution in [0.4, 0.5) is 0 Å². The van der Waals surface area contributed by atoms with Gasteiger partial charge in [-0.2, -0.15) is 0 Å². The predicted molar refractivity (Wildman–Crippen MR) is 348 cm³/mol. The summed E-state index contributed by atoms with van der Waals surface area (Å²) in [5.74, 6) is -0.902. The third-order valence-electron chi connectivity index (χ3n) is 14.2. The van der Waals surface area contributed by atoms with E-state index in [1.54, 1.807) is 0 Å². The molecule has 0 radical (unpaired) electrons. The van der Waals surface area contributed by atoms with Crippen molar-refractivity contribution < 1.29 is 28.6 Å². The summed E-state index contributed by atoms with van der Waals surface area (Å²) in [5, 5.41) is 0. The molecule has 0 amide bonds. The van der Waals surface area contributed by atoms with Gasteiger partial charge in [0.15, 0.2) is 6.10 Å². The Morgan fingerprint density at radius 3 is 0.762 bits per heavy atom. The van der Waals surface area contributed by atoms with Gasteiger partial charge in [0.2, 0.25) is 0 Å². The highest BCUT2D eigenvalue weighted by Crippen LogP contribution is 2.16. The smallest absolute Gasteiger partial charge is 0.306 e. The van der Waals surface area contributed by atoms with Crippen LogP contribution < -0.4 is 0 Å². The van der Waals surface area contributed by atoms with Crippen molar-refractivity contribution in [3.8, 4) is 0 Å². The molecule has 0 aromatic heterocycles. The van der Waals surface area contributed by atoms with Gasteiger partial charge in [-0.15, -0.1) is 0 Å². The molecule has 6 nitrogen and oxygen atoms in total. The van der Waals surface area contributed by atoms with Crippen molar-refractivity contribution in [2.45, 2.75) is 316 Å². The fourth-order valence-electron chi connectivity index (χ4n) is 9.26. The number of rotatable bonds is 60. The minimum atomic E-state index is -0.795. The van der Waals surface area contributed by atoms with Crippen molar-refractivity contribution in [1.29, 1.82) is 0 Å². The molecule has 0 aliphatic rings. The summed E-state index contributed by atoms with van der Waals surface area (Å²) in [4.78, 5) is 38.4. The van der Waals surface area contributed by atoms with Gasteiger partial charge < -0.3 is 14.2 Å².